The maximum atomic E-state index is 13.1. The smallest absolute Gasteiger partial charge is 0.251 e. The van der Waals surface area contributed by atoms with Gasteiger partial charge in [0.05, 0.1) is 5.69 Å². The molecule has 0 saturated carbocycles. The van der Waals surface area contributed by atoms with Crippen molar-refractivity contribution in [2.75, 3.05) is 37.6 Å². The summed E-state index contributed by atoms with van der Waals surface area (Å²) >= 11 is 0. The van der Waals surface area contributed by atoms with E-state index < -0.39 is 10.0 Å². The second kappa shape index (κ2) is 12.9. The first-order chi connectivity index (χ1) is 16.8. The molecule has 0 spiro atoms. The van der Waals surface area contributed by atoms with Crippen molar-refractivity contribution < 1.29 is 17.9 Å². The van der Waals surface area contributed by atoms with Gasteiger partial charge in [0.1, 0.15) is 10.6 Å². The second-order valence-corrected chi connectivity index (χ2v) is 10.6. The third kappa shape index (κ3) is 7.68. The van der Waals surface area contributed by atoms with Gasteiger partial charge in [-0.1, -0.05) is 44.9 Å². The molecular weight excluding hydrogens is 464 g/mol. The molecule has 2 aromatic rings. The van der Waals surface area contributed by atoms with Crippen LogP contribution in [0.4, 0.5) is 5.69 Å². The molecule has 1 heterocycles. The third-order valence-electron chi connectivity index (χ3n) is 6.18. The molecule has 4 N–H and O–H groups in total. The average Bonchev–Trinajstić information content (AvgIpc) is 3.36. The number of nitrogens with one attached hydrogen (secondary N) is 2. The second-order valence-electron chi connectivity index (χ2n) is 9.05. The normalized spacial score (nSPS) is 15.7. The number of carbonyl (C=O) groups excluding carboxylic acids is 1. The van der Waals surface area contributed by atoms with Gasteiger partial charge in [0.25, 0.3) is 5.91 Å². The zero-order chi connectivity index (χ0) is 25.3. The number of amides is 1. The van der Waals surface area contributed by atoms with Gasteiger partial charge in [-0.05, 0) is 62.5 Å². The monoisotopic (exact) mass is 502 g/mol. The summed E-state index contributed by atoms with van der Waals surface area (Å²) in [7, 11) is -4.18. The van der Waals surface area contributed by atoms with E-state index in [1.807, 2.05) is 18.2 Å². The molecule has 1 amide bonds. The van der Waals surface area contributed by atoms with E-state index in [1.165, 1.54) is 6.07 Å². The minimum Gasteiger partial charge on any atom is -0.454 e. The molecule has 3 rings (SSSR count). The Kier molecular flexibility index (Phi) is 9.94. The number of hydrogen-bond acceptors (Lipinski definition) is 6. The van der Waals surface area contributed by atoms with E-state index in [0.717, 1.165) is 45.2 Å². The van der Waals surface area contributed by atoms with Crippen LogP contribution >= 0.6 is 0 Å². The first-order valence-corrected chi connectivity index (χ1v) is 14.1. The van der Waals surface area contributed by atoms with Crippen LogP contribution in [0.15, 0.2) is 47.4 Å². The van der Waals surface area contributed by atoms with Gasteiger partial charge in [0, 0.05) is 25.2 Å². The average molecular weight is 503 g/mol. The van der Waals surface area contributed by atoms with Crippen LogP contribution in [0.3, 0.4) is 0 Å². The van der Waals surface area contributed by atoms with Gasteiger partial charge in [-0.15, -0.1) is 0 Å². The number of carbonyl (C=O) groups is 1. The summed E-state index contributed by atoms with van der Waals surface area (Å²) in [5, 5.41) is 11.9. The number of nitrogens with zero attached hydrogens (tertiary/aromatic N) is 1. The molecule has 0 radical (unpaired) electrons. The number of benzene rings is 2. The van der Waals surface area contributed by atoms with E-state index in [4.69, 9.17) is 9.88 Å². The van der Waals surface area contributed by atoms with Crippen LogP contribution in [0, 0.1) is 5.92 Å². The Morgan fingerprint density at radius 3 is 2.40 bits per heavy atom. The summed E-state index contributed by atoms with van der Waals surface area (Å²) in [6.07, 6.45) is 4.80. The molecule has 1 aliphatic heterocycles. The molecule has 192 valence electrons. The van der Waals surface area contributed by atoms with Crippen LogP contribution in [0.25, 0.3) is 0 Å². The van der Waals surface area contributed by atoms with Crippen LogP contribution in [-0.4, -0.2) is 47.0 Å². The number of para-hydroxylation sites is 1. The van der Waals surface area contributed by atoms with Crippen LogP contribution < -0.4 is 25.4 Å². The van der Waals surface area contributed by atoms with Gasteiger partial charge in [-0.3, -0.25) is 4.79 Å². The Morgan fingerprint density at radius 1 is 1.14 bits per heavy atom. The maximum Gasteiger partial charge on any atom is 0.251 e. The number of rotatable bonds is 13. The fourth-order valence-electron chi connectivity index (χ4n) is 4.15. The van der Waals surface area contributed by atoms with E-state index >= 15 is 0 Å². The topological polar surface area (TPSA) is 114 Å². The number of hydrogen-bond donors (Lipinski definition) is 3. The summed E-state index contributed by atoms with van der Waals surface area (Å²) in [5.41, 5.74) is 0.823. The molecule has 8 nitrogen and oxygen atoms in total. The maximum absolute atomic E-state index is 13.1. The van der Waals surface area contributed by atoms with E-state index in [0.29, 0.717) is 37.0 Å². The van der Waals surface area contributed by atoms with E-state index in [1.54, 1.807) is 18.2 Å². The zero-order valence-corrected chi connectivity index (χ0v) is 21.6. The van der Waals surface area contributed by atoms with Crippen molar-refractivity contribution in [3.05, 3.63) is 48.0 Å². The van der Waals surface area contributed by atoms with Gasteiger partial charge in [0.2, 0.25) is 10.0 Å². The molecule has 1 fully saturated rings. The van der Waals surface area contributed by atoms with E-state index in [-0.39, 0.29) is 22.1 Å². The Morgan fingerprint density at radius 2 is 1.83 bits per heavy atom. The number of sulfonamides is 1. The molecule has 0 bridgehead atoms. The first-order valence-electron chi connectivity index (χ1n) is 12.5. The van der Waals surface area contributed by atoms with Crippen molar-refractivity contribution in [1.82, 2.24) is 10.6 Å². The largest absolute Gasteiger partial charge is 0.454 e. The standard InChI is InChI=1S/C26H38N4O4S/c1-3-5-14-30(15-6-4-2)23-16-21(26(31)29-19-20-12-13-28-18-20)17-24(35(27,32)33)25(23)34-22-10-8-7-9-11-22/h7-11,16-17,20,28H,3-6,12-15,18-19H2,1-2H3,(H,29,31)(H2,27,32,33). The lowest BCUT2D eigenvalue weighted by Gasteiger charge is -2.28. The lowest BCUT2D eigenvalue weighted by molar-refractivity contribution is 0.0948. The van der Waals surface area contributed by atoms with Crippen LogP contribution in [0.2, 0.25) is 0 Å². The lowest BCUT2D eigenvalue weighted by Crippen LogP contribution is -2.31. The van der Waals surface area contributed by atoms with Gasteiger partial charge in [-0.2, -0.15) is 0 Å². The number of ether oxygens (including phenoxy) is 1. The SMILES string of the molecule is CCCCN(CCCC)c1cc(C(=O)NCC2CCNC2)cc(S(N)(=O)=O)c1Oc1ccccc1. The highest BCUT2D eigenvalue weighted by atomic mass is 32.2. The molecule has 1 saturated heterocycles. The van der Waals surface area contributed by atoms with E-state index in [2.05, 4.69) is 29.4 Å². The quantitative estimate of drug-likeness (QED) is 0.383. The summed E-state index contributed by atoms with van der Waals surface area (Å²) in [5.74, 6) is 0.695. The predicted octanol–water partition coefficient (Wildman–Crippen LogP) is 3.87. The van der Waals surface area contributed by atoms with Crippen molar-refractivity contribution >= 4 is 21.6 Å². The number of primary sulfonamides is 1. The molecule has 1 aliphatic rings. The minimum absolute atomic E-state index is 0.155. The fourth-order valence-corrected chi connectivity index (χ4v) is 4.85. The lowest BCUT2D eigenvalue weighted by atomic mass is 10.1. The number of anilines is 1. The summed E-state index contributed by atoms with van der Waals surface area (Å²) in [4.78, 5) is 15.0. The van der Waals surface area contributed by atoms with Crippen LogP contribution in [0.5, 0.6) is 11.5 Å². The number of unbranched alkanes of at least 4 members (excludes halogenated alkanes) is 2. The third-order valence-corrected chi connectivity index (χ3v) is 7.10. The molecule has 35 heavy (non-hydrogen) atoms. The zero-order valence-electron chi connectivity index (χ0n) is 20.8. The Hall–Kier alpha value is -2.62. The molecular formula is C26H38N4O4S. The summed E-state index contributed by atoms with van der Waals surface area (Å²) in [6, 6.07) is 12.1. The Bertz CT molecular complexity index is 1060. The molecule has 9 heteroatoms. The summed E-state index contributed by atoms with van der Waals surface area (Å²) in [6.45, 7) is 7.97. The highest BCUT2D eigenvalue weighted by Crippen LogP contribution is 2.39. The minimum atomic E-state index is -4.18. The Labute approximate surface area is 209 Å². The molecule has 2 aromatic carbocycles. The van der Waals surface area contributed by atoms with E-state index in [9.17, 15) is 13.2 Å². The molecule has 0 aromatic heterocycles. The molecule has 1 atom stereocenters. The van der Waals surface area contributed by atoms with Crippen molar-refractivity contribution in [2.24, 2.45) is 11.1 Å². The van der Waals surface area contributed by atoms with Crippen LogP contribution in [0.1, 0.15) is 56.3 Å². The summed E-state index contributed by atoms with van der Waals surface area (Å²) < 4.78 is 31.6. The molecule has 1 unspecified atom stereocenters. The number of nitrogens with two attached hydrogens (primary N) is 1. The van der Waals surface area contributed by atoms with Gasteiger partial charge >= 0.3 is 0 Å². The van der Waals surface area contributed by atoms with Gasteiger partial charge in [0.15, 0.2) is 5.75 Å². The first kappa shape index (κ1) is 27.0. The van der Waals surface area contributed by atoms with Crippen molar-refractivity contribution in [3.63, 3.8) is 0 Å². The van der Waals surface area contributed by atoms with Crippen molar-refractivity contribution in [1.29, 1.82) is 0 Å². The highest BCUT2D eigenvalue weighted by Gasteiger charge is 2.26. The van der Waals surface area contributed by atoms with Crippen LogP contribution in [-0.2, 0) is 10.0 Å². The highest BCUT2D eigenvalue weighted by molar-refractivity contribution is 7.89. The van der Waals surface area contributed by atoms with Gasteiger partial charge < -0.3 is 20.3 Å². The predicted molar refractivity (Wildman–Crippen MR) is 140 cm³/mol. The van der Waals surface area contributed by atoms with Crippen molar-refractivity contribution in [2.45, 2.75) is 50.8 Å². The van der Waals surface area contributed by atoms with Crippen molar-refractivity contribution in [3.8, 4) is 11.5 Å². The van der Waals surface area contributed by atoms with Gasteiger partial charge in [-0.25, -0.2) is 13.6 Å². The Balaban J connectivity index is 2.08. The molecule has 0 aliphatic carbocycles. The fraction of sp³-hybridized carbons (Fsp3) is 0.500.